The van der Waals surface area contributed by atoms with E-state index >= 15 is 0 Å². The minimum atomic E-state index is -0.584. The number of anilines is 1. The lowest BCUT2D eigenvalue weighted by Gasteiger charge is -2.17. The fourth-order valence-corrected chi connectivity index (χ4v) is 2.22. The highest BCUT2D eigenvalue weighted by molar-refractivity contribution is 7.80. The van der Waals surface area contributed by atoms with Gasteiger partial charge >= 0.3 is 12.1 Å². The second-order valence-electron chi connectivity index (χ2n) is 4.94. The van der Waals surface area contributed by atoms with Gasteiger partial charge in [-0.05, 0) is 24.1 Å². The number of hydrogen-bond acceptors (Lipinski definition) is 5. The van der Waals surface area contributed by atoms with E-state index in [1.165, 1.54) is 7.11 Å². The van der Waals surface area contributed by atoms with Crippen LogP contribution in [0.4, 0.5) is 10.5 Å². The molecule has 21 heavy (non-hydrogen) atoms. The molecule has 1 amide bonds. The number of carbonyl (C=O) groups is 2. The molecule has 2 N–H and O–H groups in total. The van der Waals surface area contributed by atoms with E-state index in [1.54, 1.807) is 18.2 Å². The summed E-state index contributed by atoms with van der Waals surface area (Å²) in [6, 6.07) is 4.34. The third kappa shape index (κ3) is 3.30. The highest BCUT2D eigenvalue weighted by Gasteiger charge is 2.30. The number of esters is 1. The first-order valence-corrected chi connectivity index (χ1v) is 6.84. The van der Waals surface area contributed by atoms with Crippen LogP contribution < -0.4 is 15.4 Å². The molecule has 112 valence electrons. The summed E-state index contributed by atoms with van der Waals surface area (Å²) in [6.07, 6.45) is -0.584. The largest absolute Gasteiger partial charge is 0.453 e. The third-order valence-corrected chi connectivity index (χ3v) is 3.41. The highest BCUT2D eigenvalue weighted by Crippen LogP contribution is 2.27. The van der Waals surface area contributed by atoms with Crippen molar-refractivity contribution in [2.45, 2.75) is 19.9 Å². The number of methoxy groups -OCH3 is 1. The van der Waals surface area contributed by atoms with Crippen LogP contribution in [0.3, 0.4) is 0 Å². The maximum Gasteiger partial charge on any atom is 0.411 e. The summed E-state index contributed by atoms with van der Waals surface area (Å²) in [5.74, 6) is 0.0354. The number of amides is 1. The fraction of sp³-hybridized carbons (Fsp3) is 0.357. The van der Waals surface area contributed by atoms with Crippen molar-refractivity contribution in [1.29, 1.82) is 0 Å². The van der Waals surface area contributed by atoms with Gasteiger partial charge in [-0.1, -0.05) is 26.1 Å². The van der Waals surface area contributed by atoms with Crippen LogP contribution in [0.25, 0.3) is 0 Å². The standard InChI is InChI=1S/C14H16N2O4S/c1-7(2)11-13(17)20-10-5-4-8(15-14(18)19-3)6-9(10)12(21)16-11/h4-7,11H,1-3H3,(H,15,18)(H,16,21)/t11-/m0/s1. The number of benzene rings is 1. The molecule has 1 atom stereocenters. The van der Waals surface area contributed by atoms with Crippen molar-refractivity contribution in [2.75, 3.05) is 12.4 Å². The van der Waals surface area contributed by atoms with Gasteiger partial charge in [0.15, 0.2) is 0 Å². The molecule has 0 spiro atoms. The summed E-state index contributed by atoms with van der Waals surface area (Å²) in [6.45, 7) is 3.81. The van der Waals surface area contributed by atoms with Crippen molar-refractivity contribution < 1.29 is 19.1 Å². The first kappa shape index (κ1) is 15.2. The molecular weight excluding hydrogens is 292 g/mol. The van der Waals surface area contributed by atoms with E-state index in [0.29, 0.717) is 22.0 Å². The maximum absolute atomic E-state index is 12.0. The fourth-order valence-electron chi connectivity index (χ4n) is 1.93. The van der Waals surface area contributed by atoms with Gasteiger partial charge in [-0.2, -0.15) is 0 Å². The van der Waals surface area contributed by atoms with Crippen LogP contribution >= 0.6 is 12.2 Å². The molecule has 1 aromatic rings. The Morgan fingerprint density at radius 3 is 2.81 bits per heavy atom. The quantitative estimate of drug-likeness (QED) is 0.495. The Morgan fingerprint density at radius 2 is 2.19 bits per heavy atom. The SMILES string of the molecule is COC(=O)Nc1ccc2c(c1)C(=S)N[C@@H](C(C)C)C(=O)O2. The monoisotopic (exact) mass is 308 g/mol. The van der Waals surface area contributed by atoms with E-state index in [2.05, 4.69) is 15.4 Å². The third-order valence-electron chi connectivity index (χ3n) is 3.07. The van der Waals surface area contributed by atoms with Gasteiger partial charge in [0, 0.05) is 5.69 Å². The first-order chi connectivity index (χ1) is 9.92. The molecule has 1 aliphatic rings. The normalized spacial score (nSPS) is 17.4. The van der Waals surface area contributed by atoms with Crippen LogP contribution in [0.2, 0.25) is 0 Å². The smallest absolute Gasteiger partial charge is 0.411 e. The topological polar surface area (TPSA) is 76.7 Å². The Kier molecular flexibility index (Phi) is 4.42. The molecule has 0 aliphatic carbocycles. The van der Waals surface area contributed by atoms with E-state index in [1.807, 2.05) is 13.8 Å². The number of ether oxygens (including phenoxy) is 2. The van der Waals surface area contributed by atoms with Crippen LogP contribution in [-0.4, -0.2) is 30.2 Å². The molecule has 6 nitrogen and oxygen atoms in total. The van der Waals surface area contributed by atoms with E-state index < -0.39 is 12.1 Å². The predicted octanol–water partition coefficient (Wildman–Crippen LogP) is 2.07. The molecule has 0 radical (unpaired) electrons. The number of nitrogens with one attached hydrogen (secondary N) is 2. The average Bonchev–Trinajstić information content (AvgIpc) is 2.56. The van der Waals surface area contributed by atoms with Crippen molar-refractivity contribution in [2.24, 2.45) is 5.92 Å². The van der Waals surface area contributed by atoms with E-state index in [4.69, 9.17) is 17.0 Å². The minimum Gasteiger partial charge on any atom is -0.453 e. The lowest BCUT2D eigenvalue weighted by molar-refractivity contribution is -0.137. The van der Waals surface area contributed by atoms with Gasteiger partial charge in [0.2, 0.25) is 0 Å². The Labute approximate surface area is 127 Å². The number of hydrogen-bond donors (Lipinski definition) is 2. The molecule has 0 saturated carbocycles. The molecule has 1 aliphatic heterocycles. The highest BCUT2D eigenvalue weighted by atomic mass is 32.1. The predicted molar refractivity (Wildman–Crippen MR) is 81.6 cm³/mol. The average molecular weight is 308 g/mol. The number of fused-ring (bicyclic) bond motifs is 1. The molecule has 1 aromatic carbocycles. The molecule has 0 bridgehead atoms. The maximum atomic E-state index is 12.0. The van der Waals surface area contributed by atoms with Gasteiger partial charge in [0.05, 0.1) is 12.7 Å². The van der Waals surface area contributed by atoms with Crippen LogP contribution in [0, 0.1) is 5.92 Å². The van der Waals surface area contributed by atoms with Crippen LogP contribution in [-0.2, 0) is 9.53 Å². The Hall–Kier alpha value is -2.15. The molecule has 1 heterocycles. The molecule has 0 aromatic heterocycles. The minimum absolute atomic E-state index is 0.0393. The van der Waals surface area contributed by atoms with Crippen molar-refractivity contribution in [1.82, 2.24) is 5.32 Å². The van der Waals surface area contributed by atoms with E-state index in [-0.39, 0.29) is 11.9 Å². The van der Waals surface area contributed by atoms with Gasteiger partial charge in [-0.3, -0.25) is 5.32 Å². The summed E-state index contributed by atoms with van der Waals surface area (Å²) < 4.78 is 9.89. The molecule has 7 heteroatoms. The van der Waals surface area contributed by atoms with Crippen molar-refractivity contribution >= 4 is 35.0 Å². The number of carbonyl (C=O) groups excluding carboxylic acids is 2. The van der Waals surface area contributed by atoms with Crippen LogP contribution in [0.1, 0.15) is 19.4 Å². The summed E-state index contributed by atoms with van der Waals surface area (Å²) >= 11 is 5.31. The molecule has 2 rings (SSSR count). The van der Waals surface area contributed by atoms with Crippen LogP contribution in [0.5, 0.6) is 5.75 Å². The van der Waals surface area contributed by atoms with Gasteiger partial charge in [0.1, 0.15) is 16.8 Å². The van der Waals surface area contributed by atoms with E-state index in [0.717, 1.165) is 0 Å². The van der Waals surface area contributed by atoms with Crippen molar-refractivity contribution in [3.05, 3.63) is 23.8 Å². The molecule has 0 fully saturated rings. The van der Waals surface area contributed by atoms with Gasteiger partial charge in [0.25, 0.3) is 0 Å². The lowest BCUT2D eigenvalue weighted by atomic mass is 10.0. The zero-order valence-corrected chi connectivity index (χ0v) is 12.7. The van der Waals surface area contributed by atoms with Crippen molar-refractivity contribution in [3.8, 4) is 5.75 Å². The Balaban J connectivity index is 2.33. The van der Waals surface area contributed by atoms with Crippen LogP contribution in [0.15, 0.2) is 18.2 Å². The van der Waals surface area contributed by atoms with Gasteiger partial charge in [-0.25, -0.2) is 9.59 Å². The Morgan fingerprint density at radius 1 is 1.48 bits per heavy atom. The number of rotatable bonds is 2. The summed E-state index contributed by atoms with van der Waals surface area (Å²) in [4.78, 5) is 23.7. The van der Waals surface area contributed by atoms with Crippen molar-refractivity contribution in [3.63, 3.8) is 0 Å². The second-order valence-corrected chi connectivity index (χ2v) is 5.35. The molecular formula is C14H16N2O4S. The summed E-state index contributed by atoms with van der Waals surface area (Å²) in [7, 11) is 1.28. The van der Waals surface area contributed by atoms with Gasteiger partial charge < -0.3 is 14.8 Å². The molecule has 0 unspecified atom stereocenters. The number of thiocarbonyl (C=S) groups is 1. The Bertz CT molecular complexity index is 601. The van der Waals surface area contributed by atoms with Gasteiger partial charge in [-0.15, -0.1) is 0 Å². The lowest BCUT2D eigenvalue weighted by Crippen LogP contribution is -2.43. The zero-order chi connectivity index (χ0) is 15.6. The zero-order valence-electron chi connectivity index (χ0n) is 11.9. The summed E-state index contributed by atoms with van der Waals surface area (Å²) in [5, 5.41) is 5.53. The summed E-state index contributed by atoms with van der Waals surface area (Å²) in [5.41, 5.74) is 1.05. The van der Waals surface area contributed by atoms with E-state index in [9.17, 15) is 9.59 Å². The second kappa shape index (κ2) is 6.09. The molecule has 0 saturated heterocycles. The first-order valence-electron chi connectivity index (χ1n) is 6.44.